The number of esters is 1. The van der Waals surface area contributed by atoms with Crippen molar-refractivity contribution in [3.63, 3.8) is 0 Å². The van der Waals surface area contributed by atoms with E-state index in [0.717, 1.165) is 95.7 Å². The van der Waals surface area contributed by atoms with Crippen LogP contribution in [0.4, 0.5) is 0 Å². The zero-order valence-corrected chi connectivity index (χ0v) is 36.5. The van der Waals surface area contributed by atoms with E-state index in [9.17, 15) is 14.9 Å². The van der Waals surface area contributed by atoms with Gasteiger partial charge in [0.05, 0.1) is 30.1 Å². The molecule has 320 valence electrons. The maximum absolute atomic E-state index is 15.0. The molecule has 4 aliphatic heterocycles. The highest BCUT2D eigenvalue weighted by Crippen LogP contribution is 2.48. The van der Waals surface area contributed by atoms with Crippen LogP contribution in [0.25, 0.3) is 33.4 Å². The number of pyridine rings is 1. The number of hydrogen-bond donors (Lipinski definition) is 3. The van der Waals surface area contributed by atoms with Crippen molar-refractivity contribution >= 4 is 40.0 Å². The summed E-state index contributed by atoms with van der Waals surface area (Å²) in [6.45, 7) is 11.5. The first-order chi connectivity index (χ1) is 29.4. The van der Waals surface area contributed by atoms with Gasteiger partial charge in [-0.25, -0.2) is 10.4 Å². The lowest BCUT2D eigenvalue weighted by Crippen LogP contribution is -2.70. The van der Waals surface area contributed by atoms with Gasteiger partial charge in [-0.05, 0) is 99.6 Å². The second-order valence-electron chi connectivity index (χ2n) is 19.7. The van der Waals surface area contributed by atoms with Crippen LogP contribution in [0.2, 0.25) is 0 Å². The Labute approximate surface area is 361 Å². The molecule has 7 heterocycles. The molecular weight excluding hydrogens is 787 g/mol. The molecule has 2 saturated carbocycles. The zero-order chi connectivity index (χ0) is 42.2. The van der Waals surface area contributed by atoms with Crippen LogP contribution in [0.3, 0.4) is 0 Å². The van der Waals surface area contributed by atoms with Crippen LogP contribution in [0, 0.1) is 40.4 Å². The smallest absolute Gasteiger partial charge is 0.324 e. The molecule has 0 radical (unpaired) electrons. The Hall–Kier alpha value is -4.68. The highest BCUT2D eigenvalue weighted by atomic mass is 32.1. The van der Waals surface area contributed by atoms with Gasteiger partial charge in [0, 0.05) is 88.3 Å². The Bertz CT molecular complexity index is 2380. The van der Waals surface area contributed by atoms with E-state index < -0.39 is 29.5 Å². The Morgan fingerprint density at radius 3 is 2.64 bits per heavy atom. The van der Waals surface area contributed by atoms with Gasteiger partial charge in [0.15, 0.2) is 0 Å². The first-order valence-corrected chi connectivity index (χ1v) is 23.3. The summed E-state index contributed by atoms with van der Waals surface area (Å²) in [7, 11) is 0. The average molecular weight is 844 g/mol. The van der Waals surface area contributed by atoms with Crippen molar-refractivity contribution in [3.05, 3.63) is 58.7 Å². The van der Waals surface area contributed by atoms with Gasteiger partial charge < -0.3 is 19.9 Å². The Morgan fingerprint density at radius 1 is 1.08 bits per heavy atom. The SMILES string of the molecule is C[C@@H]1C(C(=O)N[C@@H]2C(=O)N3CCC[C@H](N3)C(=O)OCC(C)(C)Cc3c(-c4cccnc4)n([C@@H]4CC[C@@H](C#N)C4)c4ccc(cc34)-c3csc(n3)[C@H]2N2CC3(CCCN3)C2)[C@@H]1C. The number of nitriles is 1. The van der Waals surface area contributed by atoms with Gasteiger partial charge in [-0.15, -0.1) is 11.3 Å². The van der Waals surface area contributed by atoms with Gasteiger partial charge in [0.2, 0.25) is 5.91 Å². The molecule has 10 rings (SSSR count). The molecule has 13 nitrogen and oxygen atoms in total. The fourth-order valence-corrected chi connectivity index (χ4v) is 12.2. The zero-order valence-electron chi connectivity index (χ0n) is 35.7. The van der Waals surface area contributed by atoms with E-state index >= 15 is 4.79 Å². The van der Waals surface area contributed by atoms with Crippen molar-refractivity contribution in [1.82, 2.24) is 40.5 Å². The minimum Gasteiger partial charge on any atom is -0.464 e. The molecule has 3 aromatic heterocycles. The molecule has 6 aliphatic rings. The number of thiazole rings is 1. The minimum atomic E-state index is -0.931. The summed E-state index contributed by atoms with van der Waals surface area (Å²) in [5, 5.41) is 22.5. The van der Waals surface area contributed by atoms with Gasteiger partial charge in [0.25, 0.3) is 5.91 Å². The Kier molecular flexibility index (Phi) is 10.3. The highest BCUT2D eigenvalue weighted by molar-refractivity contribution is 7.10. The van der Waals surface area contributed by atoms with E-state index in [1.807, 2.05) is 12.3 Å². The summed E-state index contributed by atoms with van der Waals surface area (Å²) in [6, 6.07) is 11.2. The summed E-state index contributed by atoms with van der Waals surface area (Å²) in [4.78, 5) is 55.4. The predicted octanol–water partition coefficient (Wildman–Crippen LogP) is 6.18. The molecule has 61 heavy (non-hydrogen) atoms. The molecule has 5 fully saturated rings. The molecule has 4 aromatic rings. The number of carbonyl (C=O) groups excluding carboxylic acids is 3. The van der Waals surface area contributed by atoms with E-state index in [0.29, 0.717) is 25.8 Å². The van der Waals surface area contributed by atoms with Crippen LogP contribution < -0.4 is 16.1 Å². The Balaban J connectivity index is 1.13. The predicted molar refractivity (Wildman–Crippen MR) is 233 cm³/mol. The molecule has 2 aliphatic carbocycles. The van der Waals surface area contributed by atoms with E-state index in [4.69, 9.17) is 9.72 Å². The van der Waals surface area contributed by atoms with Crippen molar-refractivity contribution in [2.75, 3.05) is 32.8 Å². The van der Waals surface area contributed by atoms with Gasteiger partial charge in [-0.1, -0.05) is 33.8 Å². The van der Waals surface area contributed by atoms with Gasteiger partial charge >= 0.3 is 5.97 Å². The average Bonchev–Trinajstić information content (AvgIpc) is 3.91. The molecule has 1 unspecified atom stereocenters. The van der Waals surface area contributed by atoms with Gasteiger partial charge in [-0.3, -0.25) is 29.3 Å². The summed E-state index contributed by atoms with van der Waals surface area (Å²) in [5.74, 6) is -0.456. The van der Waals surface area contributed by atoms with Crippen LogP contribution in [-0.4, -0.2) is 92.6 Å². The largest absolute Gasteiger partial charge is 0.464 e. The monoisotopic (exact) mass is 843 g/mol. The van der Waals surface area contributed by atoms with E-state index in [1.165, 1.54) is 11.3 Å². The number of hydrogen-bond acceptors (Lipinski definition) is 11. The van der Waals surface area contributed by atoms with Crippen molar-refractivity contribution in [3.8, 4) is 28.6 Å². The number of aromatic nitrogens is 3. The summed E-state index contributed by atoms with van der Waals surface area (Å²) in [5.41, 5.74) is 8.90. The van der Waals surface area contributed by atoms with Crippen LogP contribution >= 0.6 is 11.3 Å². The fourth-order valence-electron chi connectivity index (χ4n) is 11.2. The van der Waals surface area contributed by atoms with E-state index in [-0.39, 0.29) is 53.7 Å². The molecule has 6 bridgehead atoms. The van der Waals surface area contributed by atoms with E-state index in [1.54, 1.807) is 11.2 Å². The number of amides is 2. The van der Waals surface area contributed by atoms with Crippen molar-refractivity contribution < 1.29 is 19.1 Å². The normalized spacial score (nSPS) is 31.0. The van der Waals surface area contributed by atoms with Crippen molar-refractivity contribution in [2.24, 2.45) is 29.1 Å². The maximum atomic E-state index is 15.0. The lowest BCUT2D eigenvalue weighted by atomic mass is 9.84. The third-order valence-electron chi connectivity index (χ3n) is 14.8. The topological polar surface area (TPSA) is 158 Å². The first-order valence-electron chi connectivity index (χ1n) is 22.4. The number of ether oxygens (including phenoxy) is 1. The standard InChI is InChI=1S/C47H57N9O4S/c1-27-28(2)38(27)42(57)52-39-41(54-24-47(25-54)14-7-16-50-47)43-51-36(23-61-43)30-11-13-37-33(19-30)34(20-46(3,4)26-60-45(59)35-9-6-17-55(53-35)44(39)58)40(31-8-5-15-49-22-31)56(37)32-12-10-29(18-32)21-48/h5,8,11,13,15,19,22-23,27-29,32,35,38-39,41,50,53H,6-7,9-10,12,14,16-18,20,24-26H2,1-4H3,(H,52,57)/t27-,28+,29-,32-,35+,38?,39+,41+/m1/s1. The molecule has 3 N–H and O–H groups in total. The number of nitrogens with one attached hydrogen (secondary N) is 3. The van der Waals surface area contributed by atoms with Gasteiger partial charge in [0.1, 0.15) is 17.1 Å². The van der Waals surface area contributed by atoms with Crippen molar-refractivity contribution in [1.29, 1.82) is 5.26 Å². The number of benzene rings is 1. The third-order valence-corrected chi connectivity index (χ3v) is 15.7. The fraction of sp³-hybridized carbons (Fsp3) is 0.574. The lowest BCUT2D eigenvalue weighted by Gasteiger charge is -2.53. The maximum Gasteiger partial charge on any atom is 0.324 e. The number of fused-ring (bicyclic) bond motifs is 6. The number of nitrogens with zero attached hydrogens (tertiary/aromatic N) is 6. The minimum absolute atomic E-state index is 0.00147. The lowest BCUT2D eigenvalue weighted by molar-refractivity contribution is -0.156. The third kappa shape index (κ3) is 7.35. The number of cyclic esters (lactones) is 1. The number of hydrazine groups is 1. The summed E-state index contributed by atoms with van der Waals surface area (Å²) in [6.07, 6.45) is 10.2. The molecule has 8 atom stereocenters. The summed E-state index contributed by atoms with van der Waals surface area (Å²) < 4.78 is 8.63. The molecule has 3 saturated heterocycles. The second kappa shape index (κ2) is 15.6. The van der Waals surface area contributed by atoms with Crippen LogP contribution in [0.1, 0.15) is 95.3 Å². The van der Waals surface area contributed by atoms with Crippen molar-refractivity contribution in [2.45, 2.75) is 109 Å². The van der Waals surface area contributed by atoms with Crippen LogP contribution in [-0.2, 0) is 25.5 Å². The van der Waals surface area contributed by atoms with Crippen LogP contribution in [0.15, 0.2) is 48.1 Å². The molecule has 2 amide bonds. The quantitative estimate of drug-likeness (QED) is 0.198. The molecule has 1 spiro atoms. The first kappa shape index (κ1) is 40.4. The Morgan fingerprint density at radius 2 is 1.92 bits per heavy atom. The molecule has 14 heteroatoms. The molecule has 1 aromatic carbocycles. The molecular formula is C47H57N9O4S. The number of rotatable bonds is 5. The van der Waals surface area contributed by atoms with Gasteiger partial charge in [-0.2, -0.15) is 5.26 Å². The van der Waals surface area contributed by atoms with E-state index in [2.05, 4.69) is 93.9 Å². The number of carbonyl (C=O) groups is 3. The number of likely N-dealkylation sites (tertiary alicyclic amines) is 1. The second-order valence-corrected chi connectivity index (χ2v) is 20.6. The summed E-state index contributed by atoms with van der Waals surface area (Å²) >= 11 is 1.54. The highest BCUT2D eigenvalue weighted by Gasteiger charge is 2.54. The van der Waals surface area contributed by atoms with Crippen LogP contribution in [0.5, 0.6) is 0 Å².